The van der Waals surface area contributed by atoms with E-state index in [1.807, 2.05) is 12.1 Å². The van der Waals surface area contributed by atoms with Gasteiger partial charge in [-0.3, -0.25) is 24.6 Å². The number of hydrogen-bond donors (Lipinski definition) is 1. The van der Waals surface area contributed by atoms with Crippen LogP contribution in [0.3, 0.4) is 0 Å². The summed E-state index contributed by atoms with van der Waals surface area (Å²) in [6, 6.07) is 13.2. The highest BCUT2D eigenvalue weighted by atomic mass is 16.6. The van der Waals surface area contributed by atoms with Gasteiger partial charge < -0.3 is 5.32 Å². The molecule has 0 spiro atoms. The van der Waals surface area contributed by atoms with Crippen LogP contribution >= 0.6 is 0 Å². The molecule has 0 bridgehead atoms. The Morgan fingerprint density at radius 2 is 1.90 bits per heavy atom. The summed E-state index contributed by atoms with van der Waals surface area (Å²) in [4.78, 5) is 26.9. The number of nitro benzene ring substituents is 1. The minimum Gasteiger partial charge on any atom is -0.304 e. The molecule has 150 valence electrons. The second-order valence-electron chi connectivity index (χ2n) is 6.45. The van der Waals surface area contributed by atoms with Crippen LogP contribution in [0.4, 0.5) is 11.5 Å². The van der Waals surface area contributed by atoms with Crippen molar-refractivity contribution in [3.8, 4) is 5.69 Å². The van der Waals surface area contributed by atoms with Gasteiger partial charge >= 0.3 is 0 Å². The summed E-state index contributed by atoms with van der Waals surface area (Å²) in [5, 5.41) is 22.2. The van der Waals surface area contributed by atoms with Crippen molar-refractivity contribution in [2.75, 3.05) is 5.32 Å². The number of carbonyl (C=O) groups is 1. The summed E-state index contributed by atoms with van der Waals surface area (Å²) in [6.45, 7) is 0.668. The van der Waals surface area contributed by atoms with Crippen molar-refractivity contribution in [1.29, 1.82) is 0 Å². The zero-order valence-electron chi connectivity index (χ0n) is 15.8. The van der Waals surface area contributed by atoms with E-state index >= 15 is 0 Å². The molecule has 0 aliphatic rings. The molecule has 10 heteroatoms. The monoisotopic (exact) mass is 403 g/mol. The molecule has 0 saturated carbocycles. The molecular weight excluding hydrogens is 386 g/mol. The quantitative estimate of drug-likeness (QED) is 0.374. The fourth-order valence-electron chi connectivity index (χ4n) is 2.86. The lowest BCUT2D eigenvalue weighted by Gasteiger charge is -2.02. The summed E-state index contributed by atoms with van der Waals surface area (Å²) in [5.74, 6) is -0.00167. The molecule has 1 amide bonds. The molecule has 4 rings (SSSR count). The Balaban J connectivity index is 1.40. The van der Waals surface area contributed by atoms with Gasteiger partial charge in [0.15, 0.2) is 11.5 Å². The molecule has 3 heterocycles. The number of benzene rings is 1. The average Bonchev–Trinajstić information content (AvgIpc) is 3.43. The summed E-state index contributed by atoms with van der Waals surface area (Å²) in [7, 11) is 0. The van der Waals surface area contributed by atoms with Crippen LogP contribution < -0.4 is 5.32 Å². The van der Waals surface area contributed by atoms with Gasteiger partial charge in [-0.2, -0.15) is 10.2 Å². The third-order valence-corrected chi connectivity index (χ3v) is 4.39. The number of amides is 1. The number of pyridine rings is 1. The van der Waals surface area contributed by atoms with Crippen LogP contribution in [-0.4, -0.2) is 35.4 Å². The largest absolute Gasteiger partial charge is 0.304 e. The molecule has 0 saturated heterocycles. The first-order valence-electron chi connectivity index (χ1n) is 9.13. The predicted octanol–water partition coefficient (Wildman–Crippen LogP) is 2.87. The molecule has 3 aromatic heterocycles. The van der Waals surface area contributed by atoms with Crippen molar-refractivity contribution in [3.63, 3.8) is 0 Å². The van der Waals surface area contributed by atoms with Gasteiger partial charge in [-0.15, -0.1) is 0 Å². The van der Waals surface area contributed by atoms with Crippen molar-refractivity contribution >= 4 is 17.4 Å². The van der Waals surface area contributed by atoms with Crippen molar-refractivity contribution in [3.05, 3.63) is 94.7 Å². The predicted molar refractivity (Wildman–Crippen MR) is 108 cm³/mol. The van der Waals surface area contributed by atoms with Crippen LogP contribution in [0.1, 0.15) is 16.1 Å². The Kier molecular flexibility index (Phi) is 5.29. The molecule has 30 heavy (non-hydrogen) atoms. The van der Waals surface area contributed by atoms with Gasteiger partial charge in [0.1, 0.15) is 0 Å². The molecule has 1 N–H and O–H groups in total. The Bertz CT molecular complexity index is 1180. The molecule has 0 aliphatic heterocycles. The van der Waals surface area contributed by atoms with Crippen molar-refractivity contribution in [1.82, 2.24) is 24.5 Å². The number of nitrogens with one attached hydrogen (secondary N) is 1. The molecule has 0 fully saturated rings. The van der Waals surface area contributed by atoms with Crippen LogP contribution in [0.2, 0.25) is 0 Å². The molecule has 0 radical (unpaired) electrons. The number of hydrogen-bond acceptors (Lipinski definition) is 6. The van der Waals surface area contributed by atoms with Crippen molar-refractivity contribution in [2.24, 2.45) is 0 Å². The molecule has 0 unspecified atom stereocenters. The number of carbonyl (C=O) groups excluding carboxylic acids is 1. The maximum absolute atomic E-state index is 12.5. The summed E-state index contributed by atoms with van der Waals surface area (Å²) in [6.07, 6.45) is 7.65. The summed E-state index contributed by atoms with van der Waals surface area (Å²) >= 11 is 0. The van der Waals surface area contributed by atoms with E-state index in [1.165, 1.54) is 22.9 Å². The van der Waals surface area contributed by atoms with Crippen LogP contribution in [0.25, 0.3) is 5.69 Å². The third kappa shape index (κ3) is 4.38. The van der Waals surface area contributed by atoms with Gasteiger partial charge in [0.05, 0.1) is 10.6 Å². The highest BCUT2D eigenvalue weighted by Crippen LogP contribution is 2.16. The summed E-state index contributed by atoms with van der Waals surface area (Å²) < 4.78 is 3.16. The van der Waals surface area contributed by atoms with Gasteiger partial charge in [-0.25, -0.2) is 4.68 Å². The minimum absolute atomic E-state index is 0.0497. The zero-order valence-corrected chi connectivity index (χ0v) is 15.8. The molecule has 1 aromatic carbocycles. The molecule has 0 atom stereocenters. The van der Waals surface area contributed by atoms with Crippen LogP contribution in [0.15, 0.2) is 73.3 Å². The minimum atomic E-state index is -0.481. The fourth-order valence-corrected chi connectivity index (χ4v) is 2.86. The van der Waals surface area contributed by atoms with Gasteiger partial charge in [-0.1, -0.05) is 6.07 Å². The zero-order chi connectivity index (χ0) is 20.9. The Morgan fingerprint density at radius 3 is 2.70 bits per heavy atom. The number of anilines is 1. The number of aromatic nitrogens is 5. The summed E-state index contributed by atoms with van der Waals surface area (Å²) in [5.41, 5.74) is 1.76. The van der Waals surface area contributed by atoms with E-state index in [1.54, 1.807) is 47.7 Å². The SMILES string of the molecule is O=C(Nc1ccn(CCc2ccncc2)n1)c1ccn(-c2cccc([N+](=O)[O-])c2)n1. The fraction of sp³-hybridized carbons (Fsp3) is 0.100. The third-order valence-electron chi connectivity index (χ3n) is 4.39. The van der Waals surface area contributed by atoms with Crippen molar-refractivity contribution in [2.45, 2.75) is 13.0 Å². The Morgan fingerprint density at radius 1 is 1.07 bits per heavy atom. The van der Waals surface area contributed by atoms with Gasteiger partial charge in [0.25, 0.3) is 11.6 Å². The smallest absolute Gasteiger partial charge is 0.277 e. The lowest BCUT2D eigenvalue weighted by atomic mass is 10.2. The number of rotatable bonds is 7. The Labute approximate surface area is 170 Å². The van der Waals surface area contributed by atoms with E-state index in [0.717, 1.165) is 12.0 Å². The molecule has 4 aromatic rings. The lowest BCUT2D eigenvalue weighted by Crippen LogP contribution is -2.14. The number of aryl methyl sites for hydroxylation is 2. The molecular formula is C20H17N7O3. The second-order valence-corrected chi connectivity index (χ2v) is 6.45. The van der Waals surface area contributed by atoms with E-state index in [9.17, 15) is 14.9 Å². The molecule has 0 aliphatic carbocycles. The number of non-ortho nitro benzene ring substituents is 1. The number of nitrogens with zero attached hydrogens (tertiary/aromatic N) is 6. The first-order valence-corrected chi connectivity index (χ1v) is 9.13. The van der Waals surface area contributed by atoms with E-state index in [-0.39, 0.29) is 11.4 Å². The van der Waals surface area contributed by atoms with Gasteiger partial charge in [-0.05, 0) is 36.2 Å². The highest BCUT2D eigenvalue weighted by molar-refractivity contribution is 6.02. The van der Waals surface area contributed by atoms with E-state index in [0.29, 0.717) is 18.1 Å². The van der Waals surface area contributed by atoms with Crippen LogP contribution in [0.5, 0.6) is 0 Å². The first-order chi connectivity index (χ1) is 14.6. The van der Waals surface area contributed by atoms with Crippen LogP contribution in [0, 0.1) is 10.1 Å². The first kappa shape index (κ1) is 19.0. The van der Waals surface area contributed by atoms with Crippen LogP contribution in [-0.2, 0) is 13.0 Å². The normalized spacial score (nSPS) is 10.7. The maximum atomic E-state index is 12.5. The van der Waals surface area contributed by atoms with Gasteiger partial charge in [0.2, 0.25) is 0 Å². The average molecular weight is 403 g/mol. The topological polar surface area (TPSA) is 121 Å². The number of nitro groups is 1. The second kappa shape index (κ2) is 8.35. The lowest BCUT2D eigenvalue weighted by molar-refractivity contribution is -0.384. The highest BCUT2D eigenvalue weighted by Gasteiger charge is 2.13. The maximum Gasteiger partial charge on any atom is 0.277 e. The van der Waals surface area contributed by atoms with E-state index < -0.39 is 10.8 Å². The van der Waals surface area contributed by atoms with E-state index in [2.05, 4.69) is 20.5 Å². The van der Waals surface area contributed by atoms with E-state index in [4.69, 9.17) is 0 Å². The van der Waals surface area contributed by atoms with Crippen molar-refractivity contribution < 1.29 is 9.72 Å². The standard InChI is InChI=1S/C20H17N7O3/c28-20(18-7-13-26(23-18)16-2-1-3-17(14-16)27(29)30)22-19-8-12-25(24-19)11-6-15-4-9-21-10-5-15/h1-5,7-10,12-14H,6,11H2,(H,22,24,28). The van der Waals surface area contributed by atoms with Gasteiger partial charge in [0, 0.05) is 49.5 Å². The Hall–Kier alpha value is -4.34. The molecule has 10 nitrogen and oxygen atoms in total.